The van der Waals surface area contributed by atoms with E-state index < -0.39 is 0 Å². The Kier molecular flexibility index (Phi) is 5.54. The van der Waals surface area contributed by atoms with Gasteiger partial charge in [0.1, 0.15) is 6.54 Å². The normalized spacial score (nSPS) is 26.3. The maximum Gasteiger partial charge on any atom is 0.246 e. The molecule has 3 amide bonds. The predicted octanol–water partition coefficient (Wildman–Crippen LogP) is 2.24. The van der Waals surface area contributed by atoms with Crippen LogP contribution in [0.3, 0.4) is 0 Å². The van der Waals surface area contributed by atoms with Crippen molar-refractivity contribution in [3.8, 4) is 0 Å². The molecule has 7 nitrogen and oxygen atoms in total. The van der Waals surface area contributed by atoms with Crippen molar-refractivity contribution in [3.63, 3.8) is 0 Å². The van der Waals surface area contributed by atoms with E-state index in [1.54, 1.807) is 0 Å². The van der Waals surface area contributed by atoms with E-state index in [1.807, 2.05) is 5.38 Å². The maximum absolute atomic E-state index is 12.5. The molecule has 1 aromatic rings. The van der Waals surface area contributed by atoms with Gasteiger partial charge in [0, 0.05) is 11.9 Å². The van der Waals surface area contributed by atoms with E-state index in [0.29, 0.717) is 5.13 Å². The second kappa shape index (κ2) is 8.06. The Bertz CT molecular complexity index is 704. The molecule has 0 spiro atoms. The number of carbonyl (C=O) groups excluding carboxylic acids is 3. The van der Waals surface area contributed by atoms with Gasteiger partial charge < -0.3 is 5.32 Å². The molecule has 1 aromatic heterocycles. The van der Waals surface area contributed by atoms with Crippen molar-refractivity contribution in [2.75, 3.05) is 25.0 Å². The fraction of sp³-hybridized carbons (Fsp3) is 0.684. The van der Waals surface area contributed by atoms with Crippen LogP contribution in [0, 0.1) is 11.8 Å². The summed E-state index contributed by atoms with van der Waals surface area (Å²) in [5.74, 6) is -1.13. The minimum atomic E-state index is -0.353. The van der Waals surface area contributed by atoms with Crippen molar-refractivity contribution in [1.29, 1.82) is 0 Å². The Labute approximate surface area is 163 Å². The minimum Gasteiger partial charge on any atom is -0.300 e. The zero-order chi connectivity index (χ0) is 18.8. The Morgan fingerprint density at radius 1 is 1.07 bits per heavy atom. The Morgan fingerprint density at radius 3 is 2.41 bits per heavy atom. The third-order valence-corrected chi connectivity index (χ3v) is 6.67. The molecule has 0 bridgehead atoms. The van der Waals surface area contributed by atoms with Crippen LogP contribution in [0.15, 0.2) is 5.38 Å². The van der Waals surface area contributed by atoms with Gasteiger partial charge in [0.05, 0.1) is 17.5 Å². The average Bonchev–Trinajstić information content (AvgIpc) is 3.21. The monoisotopic (exact) mass is 390 g/mol. The van der Waals surface area contributed by atoms with Gasteiger partial charge >= 0.3 is 0 Å². The number of rotatable bonds is 5. The average molecular weight is 391 g/mol. The third-order valence-electron chi connectivity index (χ3n) is 5.87. The minimum absolute atomic E-state index is 0.176. The van der Waals surface area contributed by atoms with Gasteiger partial charge in [-0.1, -0.05) is 19.3 Å². The third kappa shape index (κ3) is 4.06. The predicted molar refractivity (Wildman–Crippen MR) is 102 cm³/mol. The van der Waals surface area contributed by atoms with Crippen molar-refractivity contribution < 1.29 is 14.4 Å². The van der Waals surface area contributed by atoms with Gasteiger partial charge in [-0.25, -0.2) is 4.98 Å². The van der Waals surface area contributed by atoms with Crippen molar-refractivity contribution in [2.24, 2.45) is 11.8 Å². The summed E-state index contributed by atoms with van der Waals surface area (Å²) in [4.78, 5) is 45.3. The first-order chi connectivity index (χ1) is 13.1. The molecular weight excluding hydrogens is 364 g/mol. The highest BCUT2D eigenvalue weighted by Gasteiger charge is 2.48. The largest absolute Gasteiger partial charge is 0.300 e. The van der Waals surface area contributed by atoms with Gasteiger partial charge in [-0.3, -0.25) is 24.2 Å². The van der Waals surface area contributed by atoms with E-state index in [0.717, 1.165) is 55.9 Å². The molecule has 8 heteroatoms. The van der Waals surface area contributed by atoms with Gasteiger partial charge in [-0.15, -0.1) is 11.3 Å². The van der Waals surface area contributed by atoms with E-state index >= 15 is 0 Å². The lowest BCUT2D eigenvalue weighted by Gasteiger charge is -2.25. The molecule has 4 rings (SSSR count). The summed E-state index contributed by atoms with van der Waals surface area (Å²) in [6, 6.07) is 0. The molecule has 0 aromatic carbocycles. The molecule has 3 aliphatic rings. The fourth-order valence-corrected chi connectivity index (χ4v) is 5.19. The zero-order valence-corrected chi connectivity index (χ0v) is 16.3. The molecule has 0 radical (unpaired) electrons. The smallest absolute Gasteiger partial charge is 0.246 e. The molecule has 1 saturated carbocycles. The number of hydrogen-bond acceptors (Lipinski definition) is 6. The van der Waals surface area contributed by atoms with Crippen LogP contribution in [0.4, 0.5) is 5.13 Å². The molecular formula is C19H26N4O3S. The molecule has 1 N–H and O–H groups in total. The number of amides is 3. The summed E-state index contributed by atoms with van der Waals surface area (Å²) in [6.07, 6.45) is 7.25. The second-order valence-corrected chi connectivity index (χ2v) is 8.65. The van der Waals surface area contributed by atoms with Crippen molar-refractivity contribution in [2.45, 2.75) is 51.5 Å². The van der Waals surface area contributed by atoms with Crippen LogP contribution in [0.5, 0.6) is 0 Å². The van der Waals surface area contributed by atoms with Crippen LogP contribution in [0.1, 0.15) is 50.6 Å². The number of nitrogens with zero attached hydrogens (tertiary/aromatic N) is 3. The van der Waals surface area contributed by atoms with Crippen LogP contribution in [0.2, 0.25) is 0 Å². The first-order valence-electron chi connectivity index (χ1n) is 9.93. The van der Waals surface area contributed by atoms with E-state index in [2.05, 4.69) is 15.2 Å². The highest BCUT2D eigenvalue weighted by Crippen LogP contribution is 2.37. The van der Waals surface area contributed by atoms with Crippen LogP contribution in [0.25, 0.3) is 0 Å². The van der Waals surface area contributed by atoms with Crippen molar-refractivity contribution in [3.05, 3.63) is 11.1 Å². The number of piperidine rings is 1. The maximum atomic E-state index is 12.5. The van der Waals surface area contributed by atoms with E-state index in [9.17, 15) is 14.4 Å². The van der Waals surface area contributed by atoms with Crippen molar-refractivity contribution >= 4 is 34.2 Å². The number of aromatic nitrogens is 1. The quantitative estimate of drug-likeness (QED) is 0.780. The number of imide groups is 1. The van der Waals surface area contributed by atoms with Gasteiger partial charge in [0.15, 0.2) is 5.13 Å². The molecule has 2 aliphatic heterocycles. The second-order valence-electron chi connectivity index (χ2n) is 7.79. The van der Waals surface area contributed by atoms with Crippen LogP contribution < -0.4 is 5.32 Å². The lowest BCUT2D eigenvalue weighted by atomic mass is 9.81. The van der Waals surface area contributed by atoms with Crippen LogP contribution in [-0.2, 0) is 20.9 Å². The molecule has 1 aliphatic carbocycles. The fourth-order valence-electron chi connectivity index (χ4n) is 4.47. The van der Waals surface area contributed by atoms with E-state index in [1.165, 1.54) is 30.6 Å². The summed E-state index contributed by atoms with van der Waals surface area (Å²) >= 11 is 1.39. The van der Waals surface area contributed by atoms with Crippen molar-refractivity contribution in [1.82, 2.24) is 14.8 Å². The summed E-state index contributed by atoms with van der Waals surface area (Å²) in [7, 11) is 0. The highest BCUT2D eigenvalue weighted by molar-refractivity contribution is 7.13. The van der Waals surface area contributed by atoms with Crippen LogP contribution in [-0.4, -0.2) is 52.1 Å². The lowest BCUT2D eigenvalue weighted by Crippen LogP contribution is -2.38. The van der Waals surface area contributed by atoms with E-state index in [-0.39, 0.29) is 36.1 Å². The first kappa shape index (κ1) is 18.6. The molecule has 0 unspecified atom stereocenters. The number of carbonyl (C=O) groups is 3. The topological polar surface area (TPSA) is 82.6 Å². The summed E-state index contributed by atoms with van der Waals surface area (Å²) < 4.78 is 0. The van der Waals surface area contributed by atoms with Gasteiger partial charge in [0.25, 0.3) is 0 Å². The number of likely N-dealkylation sites (tertiary alicyclic amines) is 2. The van der Waals surface area contributed by atoms with E-state index in [4.69, 9.17) is 0 Å². The Balaban J connectivity index is 1.31. The lowest BCUT2D eigenvalue weighted by molar-refractivity contribution is -0.142. The number of anilines is 1. The zero-order valence-electron chi connectivity index (χ0n) is 15.5. The molecule has 2 saturated heterocycles. The van der Waals surface area contributed by atoms with Gasteiger partial charge in [-0.05, 0) is 38.8 Å². The molecule has 27 heavy (non-hydrogen) atoms. The highest BCUT2D eigenvalue weighted by atomic mass is 32.1. The Morgan fingerprint density at radius 2 is 1.74 bits per heavy atom. The summed E-state index contributed by atoms with van der Waals surface area (Å²) in [5.41, 5.74) is 0.955. The standard InChI is InChI=1S/C19H26N4O3S/c24-16(11-23-17(25)14-6-2-3-7-15(14)18(23)26)21-19-20-13(12-27-19)10-22-8-4-1-5-9-22/h12,14-15H,1-11H2,(H,20,21,24)/t14-,15+. The SMILES string of the molecule is O=C(CN1C(=O)[C@H]2CCCC[C@H]2C1=O)Nc1nc(CN2CCCCC2)cs1. The number of hydrogen-bond donors (Lipinski definition) is 1. The first-order valence-corrected chi connectivity index (χ1v) is 10.8. The van der Waals surface area contributed by atoms with Gasteiger partial charge in [-0.2, -0.15) is 0 Å². The molecule has 3 fully saturated rings. The number of thiazole rings is 1. The summed E-state index contributed by atoms with van der Waals surface area (Å²) in [6.45, 7) is 2.80. The number of nitrogens with one attached hydrogen (secondary N) is 1. The summed E-state index contributed by atoms with van der Waals surface area (Å²) in [5, 5.41) is 5.25. The molecule has 2 atom stereocenters. The van der Waals surface area contributed by atoms with Crippen LogP contribution >= 0.6 is 11.3 Å². The molecule has 3 heterocycles. The number of fused-ring (bicyclic) bond motifs is 1. The van der Waals surface area contributed by atoms with Gasteiger partial charge in [0.2, 0.25) is 17.7 Å². The molecule has 146 valence electrons. The Hall–Kier alpha value is -1.80.